The van der Waals surface area contributed by atoms with Gasteiger partial charge in [0, 0.05) is 18.2 Å². The summed E-state index contributed by atoms with van der Waals surface area (Å²) in [6.45, 7) is 1.66. The van der Waals surface area contributed by atoms with Gasteiger partial charge in [0.1, 0.15) is 29.1 Å². The predicted octanol–water partition coefficient (Wildman–Crippen LogP) is 3.58. The van der Waals surface area contributed by atoms with E-state index in [1.165, 1.54) is 6.42 Å². The molecule has 152 valence electrons. The molecule has 1 unspecified atom stereocenters. The molecule has 1 fully saturated rings. The van der Waals surface area contributed by atoms with Crippen molar-refractivity contribution in [2.24, 2.45) is 0 Å². The van der Waals surface area contributed by atoms with E-state index in [-0.39, 0.29) is 6.10 Å². The van der Waals surface area contributed by atoms with Crippen LogP contribution < -0.4 is 24.3 Å². The molecule has 0 aromatic heterocycles. The monoisotopic (exact) mass is 387 g/mol. The number of benzene rings is 2. The fourth-order valence-electron chi connectivity index (χ4n) is 3.46. The van der Waals surface area contributed by atoms with E-state index >= 15 is 0 Å². The summed E-state index contributed by atoms with van der Waals surface area (Å²) in [5.41, 5.74) is 1.90. The number of methoxy groups -OCH3 is 4. The van der Waals surface area contributed by atoms with Crippen LogP contribution in [-0.2, 0) is 4.74 Å². The molecule has 6 nitrogen and oxygen atoms in total. The highest BCUT2D eigenvalue weighted by Gasteiger charge is 2.22. The van der Waals surface area contributed by atoms with E-state index in [0.717, 1.165) is 47.1 Å². The first-order chi connectivity index (χ1) is 13.7. The Morgan fingerprint density at radius 2 is 1.25 bits per heavy atom. The lowest BCUT2D eigenvalue weighted by Crippen LogP contribution is -2.27. The maximum atomic E-state index is 6.41. The number of hydrogen-bond donors (Lipinski definition) is 1. The number of hydrogen-bond acceptors (Lipinski definition) is 6. The molecule has 0 saturated carbocycles. The van der Waals surface area contributed by atoms with Crippen LogP contribution >= 0.6 is 0 Å². The van der Waals surface area contributed by atoms with Gasteiger partial charge in [-0.05, 0) is 54.8 Å². The van der Waals surface area contributed by atoms with Crippen molar-refractivity contribution >= 4 is 0 Å². The van der Waals surface area contributed by atoms with Gasteiger partial charge in [-0.3, -0.25) is 0 Å². The molecule has 2 aromatic rings. The minimum absolute atomic E-state index is 0.310. The van der Waals surface area contributed by atoms with Crippen LogP contribution in [0.2, 0.25) is 0 Å². The van der Waals surface area contributed by atoms with Crippen molar-refractivity contribution in [3.8, 4) is 23.0 Å². The van der Waals surface area contributed by atoms with Crippen LogP contribution in [0.15, 0.2) is 36.4 Å². The summed E-state index contributed by atoms with van der Waals surface area (Å²) in [6, 6.07) is 12.0. The molecule has 0 amide bonds. The third-order valence-corrected chi connectivity index (χ3v) is 4.98. The number of nitrogens with one attached hydrogen (secondary N) is 1. The molecule has 6 heteroatoms. The molecule has 0 spiro atoms. The molecule has 3 rings (SSSR count). The summed E-state index contributed by atoms with van der Waals surface area (Å²) in [5, 5.41) is 3.48. The van der Waals surface area contributed by atoms with E-state index in [9.17, 15) is 0 Å². The fourth-order valence-corrected chi connectivity index (χ4v) is 3.46. The first-order valence-corrected chi connectivity index (χ1v) is 9.47. The molecule has 1 aliphatic heterocycles. The largest absolute Gasteiger partial charge is 0.497 e. The van der Waals surface area contributed by atoms with Crippen LogP contribution in [0.5, 0.6) is 23.0 Å². The van der Waals surface area contributed by atoms with Crippen LogP contribution in [0.3, 0.4) is 0 Å². The van der Waals surface area contributed by atoms with Crippen molar-refractivity contribution in [2.75, 3.05) is 41.6 Å². The molecule has 1 heterocycles. The van der Waals surface area contributed by atoms with Gasteiger partial charge < -0.3 is 29.0 Å². The van der Waals surface area contributed by atoms with Gasteiger partial charge in [0.05, 0.1) is 35.0 Å². The molecule has 1 N–H and O–H groups in total. The maximum absolute atomic E-state index is 6.41. The zero-order chi connectivity index (χ0) is 19.9. The normalized spacial score (nSPS) is 16.2. The van der Waals surface area contributed by atoms with Gasteiger partial charge in [-0.25, -0.2) is 0 Å². The van der Waals surface area contributed by atoms with Crippen LogP contribution in [0.25, 0.3) is 0 Å². The van der Waals surface area contributed by atoms with Gasteiger partial charge in [-0.2, -0.15) is 0 Å². The lowest BCUT2D eigenvalue weighted by Gasteiger charge is -2.23. The molecule has 1 aliphatic rings. The van der Waals surface area contributed by atoms with Crippen LogP contribution in [-0.4, -0.2) is 47.6 Å². The quantitative estimate of drug-likeness (QED) is 0.710. The zero-order valence-electron chi connectivity index (χ0n) is 17.0. The second-order valence-electron chi connectivity index (χ2n) is 6.80. The Balaban J connectivity index is 1.99. The molecular formula is C22H29NO5. The number of ether oxygens (including phenoxy) is 5. The average molecular weight is 387 g/mol. The minimum Gasteiger partial charge on any atom is -0.497 e. The number of rotatable bonds is 9. The summed E-state index contributed by atoms with van der Waals surface area (Å²) < 4.78 is 28.2. The lowest BCUT2D eigenvalue weighted by molar-refractivity contribution is 0.0653. The van der Waals surface area contributed by atoms with Crippen LogP contribution in [0, 0.1) is 0 Å². The zero-order valence-corrected chi connectivity index (χ0v) is 17.0. The second-order valence-corrected chi connectivity index (χ2v) is 6.80. The molecule has 1 saturated heterocycles. The summed E-state index contributed by atoms with van der Waals surface area (Å²) in [4.78, 5) is 0. The summed E-state index contributed by atoms with van der Waals surface area (Å²) in [7, 11) is 6.58. The molecule has 1 atom stereocenters. The van der Waals surface area contributed by atoms with Crippen molar-refractivity contribution in [2.45, 2.75) is 25.0 Å². The van der Waals surface area contributed by atoms with Crippen LogP contribution in [0.1, 0.15) is 30.1 Å². The van der Waals surface area contributed by atoms with Gasteiger partial charge in [0.15, 0.2) is 0 Å². The van der Waals surface area contributed by atoms with E-state index < -0.39 is 0 Å². The Bertz CT molecular complexity index is 674. The Labute approximate surface area is 166 Å². The Morgan fingerprint density at radius 3 is 1.61 bits per heavy atom. The van der Waals surface area contributed by atoms with Gasteiger partial charge in [-0.1, -0.05) is 0 Å². The molecule has 0 radical (unpaired) electrons. The van der Waals surface area contributed by atoms with E-state index in [0.29, 0.717) is 12.6 Å². The lowest BCUT2D eigenvalue weighted by atomic mass is 9.99. The van der Waals surface area contributed by atoms with E-state index in [4.69, 9.17) is 23.7 Å². The highest BCUT2D eigenvalue weighted by Crippen LogP contribution is 2.36. The summed E-state index contributed by atoms with van der Waals surface area (Å²) in [5.74, 6) is 2.88. The first kappa shape index (κ1) is 20.3. The van der Waals surface area contributed by atoms with Gasteiger partial charge >= 0.3 is 0 Å². The summed E-state index contributed by atoms with van der Waals surface area (Å²) in [6.07, 6.45) is 1.99. The topological polar surface area (TPSA) is 58.2 Å². The van der Waals surface area contributed by atoms with Crippen molar-refractivity contribution in [1.29, 1.82) is 0 Å². The van der Waals surface area contributed by atoms with Gasteiger partial charge in [0.2, 0.25) is 0 Å². The highest BCUT2D eigenvalue weighted by molar-refractivity contribution is 5.46. The molecule has 0 aliphatic carbocycles. The molecule has 0 bridgehead atoms. The third-order valence-electron chi connectivity index (χ3n) is 4.98. The Hall–Kier alpha value is -2.44. The average Bonchev–Trinajstić information content (AvgIpc) is 3.26. The van der Waals surface area contributed by atoms with Crippen molar-refractivity contribution in [1.82, 2.24) is 5.32 Å². The van der Waals surface area contributed by atoms with E-state index in [1.807, 2.05) is 36.4 Å². The van der Waals surface area contributed by atoms with Gasteiger partial charge in [0.25, 0.3) is 0 Å². The Kier molecular flexibility index (Phi) is 7.01. The third kappa shape index (κ3) is 4.88. The standard InChI is InChI=1S/C22H29NO5/c1-24-18-8-15(9-19(12-18)25-2)22(28-14-17-6-5-7-23-17)16-10-20(26-3)13-21(11-16)27-4/h8-13,17,22-23H,5-7,14H2,1-4H3. The summed E-state index contributed by atoms with van der Waals surface area (Å²) >= 11 is 0. The van der Waals surface area contributed by atoms with Crippen LogP contribution in [0.4, 0.5) is 0 Å². The SMILES string of the molecule is COc1cc(OC)cc(C(OCC2CCCN2)c2cc(OC)cc(OC)c2)c1. The molecule has 28 heavy (non-hydrogen) atoms. The van der Waals surface area contributed by atoms with Gasteiger partial charge in [-0.15, -0.1) is 0 Å². The maximum Gasteiger partial charge on any atom is 0.122 e. The van der Waals surface area contributed by atoms with E-state index in [1.54, 1.807) is 28.4 Å². The molecule has 2 aromatic carbocycles. The van der Waals surface area contributed by atoms with E-state index in [2.05, 4.69) is 5.32 Å². The van der Waals surface area contributed by atoms with Crippen molar-refractivity contribution in [3.05, 3.63) is 47.5 Å². The predicted molar refractivity (Wildman–Crippen MR) is 108 cm³/mol. The first-order valence-electron chi connectivity index (χ1n) is 9.47. The van der Waals surface area contributed by atoms with Crippen molar-refractivity contribution in [3.63, 3.8) is 0 Å². The molecular weight excluding hydrogens is 358 g/mol. The minimum atomic E-state index is -0.310. The highest BCUT2D eigenvalue weighted by atomic mass is 16.5. The smallest absolute Gasteiger partial charge is 0.122 e. The van der Waals surface area contributed by atoms with Crippen molar-refractivity contribution < 1.29 is 23.7 Å². The Morgan fingerprint density at radius 1 is 0.786 bits per heavy atom. The fraction of sp³-hybridized carbons (Fsp3) is 0.455. The second kappa shape index (κ2) is 9.66.